The number of nitrogens with zero attached hydrogens (tertiary/aromatic N) is 1. The van der Waals surface area contributed by atoms with Gasteiger partial charge in [-0.1, -0.05) is 30.3 Å². The molecule has 0 atom stereocenters. The third-order valence-corrected chi connectivity index (χ3v) is 2.42. The van der Waals surface area contributed by atoms with Crippen molar-refractivity contribution in [2.24, 2.45) is 0 Å². The maximum absolute atomic E-state index is 11.2. The lowest BCUT2D eigenvalue weighted by atomic mass is 10.1. The summed E-state index contributed by atoms with van der Waals surface area (Å²) in [5, 5.41) is 3.14. The fourth-order valence-electron chi connectivity index (χ4n) is 1.65. The van der Waals surface area contributed by atoms with Crippen molar-refractivity contribution in [3.63, 3.8) is 0 Å². The van der Waals surface area contributed by atoms with Crippen molar-refractivity contribution >= 4 is 5.82 Å². The normalized spacial score (nSPS) is 10.2. The minimum atomic E-state index is -0.125. The van der Waals surface area contributed by atoms with E-state index in [0.717, 1.165) is 13.0 Å². The topological polar surface area (TPSA) is 57.8 Å². The van der Waals surface area contributed by atoms with Crippen molar-refractivity contribution in [2.45, 2.75) is 13.3 Å². The first-order valence-electron chi connectivity index (χ1n) is 5.60. The molecule has 1 heterocycles. The van der Waals surface area contributed by atoms with Gasteiger partial charge in [0.2, 0.25) is 0 Å². The molecule has 17 heavy (non-hydrogen) atoms. The molecule has 1 aromatic heterocycles. The highest BCUT2D eigenvalue weighted by Gasteiger charge is 1.97. The Hall–Kier alpha value is -2.10. The highest BCUT2D eigenvalue weighted by molar-refractivity contribution is 5.33. The van der Waals surface area contributed by atoms with Gasteiger partial charge < -0.3 is 10.3 Å². The highest BCUT2D eigenvalue weighted by Crippen LogP contribution is 2.02. The summed E-state index contributed by atoms with van der Waals surface area (Å²) in [4.78, 5) is 18.0. The van der Waals surface area contributed by atoms with Gasteiger partial charge in [-0.15, -0.1) is 0 Å². The molecule has 2 aromatic rings. The van der Waals surface area contributed by atoms with Crippen molar-refractivity contribution in [2.75, 3.05) is 11.9 Å². The van der Waals surface area contributed by atoms with Gasteiger partial charge in [0.05, 0.1) is 0 Å². The SMILES string of the molecule is Cc1nc(NCCc2ccccc2)cc(=O)[nH]1. The van der Waals surface area contributed by atoms with Crippen LogP contribution >= 0.6 is 0 Å². The molecule has 4 nitrogen and oxygen atoms in total. The molecule has 4 heteroatoms. The second kappa shape index (κ2) is 5.30. The molecule has 88 valence electrons. The van der Waals surface area contributed by atoms with Crippen LogP contribution < -0.4 is 10.9 Å². The van der Waals surface area contributed by atoms with Crippen LogP contribution in [-0.4, -0.2) is 16.5 Å². The third kappa shape index (κ3) is 3.45. The quantitative estimate of drug-likeness (QED) is 0.839. The molecule has 0 aliphatic heterocycles. The number of benzene rings is 1. The summed E-state index contributed by atoms with van der Waals surface area (Å²) in [5.74, 6) is 1.25. The van der Waals surface area contributed by atoms with E-state index in [0.29, 0.717) is 11.6 Å². The number of anilines is 1. The van der Waals surface area contributed by atoms with Gasteiger partial charge in [0.1, 0.15) is 11.6 Å². The number of aryl methyl sites for hydroxylation is 1. The second-order valence-electron chi connectivity index (χ2n) is 3.88. The molecule has 0 radical (unpaired) electrons. The first-order valence-corrected chi connectivity index (χ1v) is 5.60. The van der Waals surface area contributed by atoms with E-state index in [1.54, 1.807) is 6.92 Å². The maximum atomic E-state index is 11.2. The zero-order valence-electron chi connectivity index (χ0n) is 9.73. The van der Waals surface area contributed by atoms with Crippen molar-refractivity contribution in [1.82, 2.24) is 9.97 Å². The molecule has 0 saturated heterocycles. The first kappa shape index (κ1) is 11.4. The van der Waals surface area contributed by atoms with Crippen molar-refractivity contribution < 1.29 is 0 Å². The van der Waals surface area contributed by atoms with E-state index >= 15 is 0 Å². The summed E-state index contributed by atoms with van der Waals surface area (Å²) in [6.07, 6.45) is 0.911. The van der Waals surface area contributed by atoms with E-state index in [-0.39, 0.29) is 5.56 Å². The van der Waals surface area contributed by atoms with Crippen molar-refractivity contribution in [3.05, 3.63) is 58.1 Å². The number of nitrogens with one attached hydrogen (secondary N) is 2. The number of hydrogen-bond acceptors (Lipinski definition) is 3. The van der Waals surface area contributed by atoms with Gasteiger partial charge >= 0.3 is 0 Å². The Kier molecular flexibility index (Phi) is 3.55. The van der Waals surface area contributed by atoms with Crippen LogP contribution in [0.4, 0.5) is 5.82 Å². The lowest BCUT2D eigenvalue weighted by Gasteiger charge is -2.05. The molecule has 0 amide bonds. The zero-order valence-corrected chi connectivity index (χ0v) is 9.73. The largest absolute Gasteiger partial charge is 0.370 e. The lowest BCUT2D eigenvalue weighted by Crippen LogP contribution is -2.13. The molecular weight excluding hydrogens is 214 g/mol. The molecule has 0 fully saturated rings. The molecule has 0 bridgehead atoms. The van der Waals surface area contributed by atoms with Crippen LogP contribution in [0.3, 0.4) is 0 Å². The fraction of sp³-hybridized carbons (Fsp3) is 0.231. The average molecular weight is 229 g/mol. The fourth-order valence-corrected chi connectivity index (χ4v) is 1.65. The molecule has 2 N–H and O–H groups in total. The molecule has 2 rings (SSSR count). The van der Waals surface area contributed by atoms with Crippen LogP contribution in [0.5, 0.6) is 0 Å². The van der Waals surface area contributed by atoms with Gasteiger partial charge in [-0.2, -0.15) is 0 Å². The lowest BCUT2D eigenvalue weighted by molar-refractivity contribution is 0.969. The van der Waals surface area contributed by atoms with Gasteiger partial charge in [-0.25, -0.2) is 4.98 Å². The minimum Gasteiger partial charge on any atom is -0.370 e. The van der Waals surface area contributed by atoms with Crippen LogP contribution in [0.15, 0.2) is 41.2 Å². The van der Waals surface area contributed by atoms with E-state index < -0.39 is 0 Å². The van der Waals surface area contributed by atoms with E-state index in [1.165, 1.54) is 11.6 Å². The molecule has 0 spiro atoms. The summed E-state index contributed by atoms with van der Waals surface area (Å²) in [5.41, 5.74) is 1.14. The molecule has 0 saturated carbocycles. The zero-order chi connectivity index (χ0) is 12.1. The van der Waals surface area contributed by atoms with Gasteiger partial charge in [0, 0.05) is 12.6 Å². The van der Waals surface area contributed by atoms with Crippen molar-refractivity contribution in [3.8, 4) is 0 Å². The van der Waals surface area contributed by atoms with Gasteiger partial charge in [0.25, 0.3) is 5.56 Å². The van der Waals surface area contributed by atoms with E-state index in [2.05, 4.69) is 27.4 Å². The van der Waals surface area contributed by atoms with Gasteiger partial charge in [-0.05, 0) is 18.9 Å². The molecule has 1 aromatic carbocycles. The minimum absolute atomic E-state index is 0.125. The molecule has 0 aliphatic rings. The van der Waals surface area contributed by atoms with E-state index in [4.69, 9.17) is 0 Å². The van der Waals surface area contributed by atoms with Gasteiger partial charge in [0.15, 0.2) is 0 Å². The Morgan fingerprint density at radius 3 is 2.76 bits per heavy atom. The number of hydrogen-bond donors (Lipinski definition) is 2. The Bertz CT molecular complexity index is 534. The highest BCUT2D eigenvalue weighted by atomic mass is 16.1. The molecular formula is C13H15N3O. The number of aromatic nitrogens is 2. The monoisotopic (exact) mass is 229 g/mol. The summed E-state index contributed by atoms with van der Waals surface area (Å²) in [6, 6.07) is 11.7. The third-order valence-electron chi connectivity index (χ3n) is 2.42. The number of rotatable bonds is 4. The molecule has 0 unspecified atom stereocenters. The average Bonchev–Trinajstić information content (AvgIpc) is 2.29. The Labute approximate surface area is 99.7 Å². The van der Waals surface area contributed by atoms with Crippen LogP contribution in [0.1, 0.15) is 11.4 Å². The van der Waals surface area contributed by atoms with Gasteiger partial charge in [-0.3, -0.25) is 4.79 Å². The summed E-state index contributed by atoms with van der Waals surface area (Å²) in [6.45, 7) is 2.53. The smallest absolute Gasteiger partial charge is 0.252 e. The Morgan fingerprint density at radius 2 is 2.06 bits per heavy atom. The van der Waals surface area contributed by atoms with E-state index in [1.807, 2.05) is 18.2 Å². The van der Waals surface area contributed by atoms with Crippen LogP contribution in [0.25, 0.3) is 0 Å². The number of H-pyrrole nitrogens is 1. The molecule has 0 aliphatic carbocycles. The number of aromatic amines is 1. The predicted octanol–water partition coefficient (Wildman–Crippen LogP) is 1.73. The van der Waals surface area contributed by atoms with E-state index in [9.17, 15) is 4.79 Å². The second-order valence-corrected chi connectivity index (χ2v) is 3.88. The summed E-state index contributed by atoms with van der Waals surface area (Å²) >= 11 is 0. The van der Waals surface area contributed by atoms with Crippen molar-refractivity contribution in [1.29, 1.82) is 0 Å². The Balaban J connectivity index is 1.92. The predicted molar refractivity (Wildman–Crippen MR) is 68.2 cm³/mol. The van der Waals surface area contributed by atoms with Crippen LogP contribution in [-0.2, 0) is 6.42 Å². The summed E-state index contributed by atoms with van der Waals surface area (Å²) in [7, 11) is 0. The van der Waals surface area contributed by atoms with Crippen LogP contribution in [0, 0.1) is 6.92 Å². The maximum Gasteiger partial charge on any atom is 0.252 e. The van der Waals surface area contributed by atoms with Crippen LogP contribution in [0.2, 0.25) is 0 Å². The Morgan fingerprint density at radius 1 is 1.29 bits per heavy atom. The summed E-state index contributed by atoms with van der Waals surface area (Å²) < 4.78 is 0. The standard InChI is InChI=1S/C13H15N3O/c1-10-15-12(9-13(17)16-10)14-8-7-11-5-3-2-4-6-11/h2-6,9H,7-8H2,1H3,(H2,14,15,16,17). The first-order chi connectivity index (χ1) is 8.24.